The van der Waals surface area contributed by atoms with Crippen LogP contribution in [0.1, 0.15) is 20.3 Å². The Hall–Kier alpha value is -1.32. The van der Waals surface area contributed by atoms with E-state index in [0.29, 0.717) is 6.54 Å². The fraction of sp³-hybridized carbons (Fsp3) is 0.500. The van der Waals surface area contributed by atoms with Crippen LogP contribution in [0.25, 0.3) is 0 Å². The van der Waals surface area contributed by atoms with Crippen LogP contribution >= 0.6 is 0 Å². The van der Waals surface area contributed by atoms with Crippen LogP contribution in [-0.4, -0.2) is 20.6 Å². The number of nitrogens with zero attached hydrogens (tertiary/aromatic N) is 2. The fourth-order valence-corrected chi connectivity index (χ4v) is 0.644. The molecule has 0 spiro atoms. The molecule has 0 unspecified atom stereocenters. The molecule has 0 aliphatic heterocycles. The lowest BCUT2D eigenvalue weighted by molar-refractivity contribution is -0.137. The molecular weight excluding hydrogens is 156 g/mol. The second-order valence-electron chi connectivity index (χ2n) is 1.94. The summed E-state index contributed by atoms with van der Waals surface area (Å²) in [6, 6.07) is 0. The normalized spacial score (nSPS) is 8.50. The van der Waals surface area contributed by atoms with E-state index in [1.165, 1.54) is 0 Å². The van der Waals surface area contributed by atoms with Gasteiger partial charge in [-0.1, -0.05) is 13.8 Å². The average molecular weight is 170 g/mol. The van der Waals surface area contributed by atoms with Crippen LogP contribution in [0.15, 0.2) is 18.7 Å². The lowest BCUT2D eigenvalue weighted by atomic mass is 10.4. The minimum absolute atomic E-state index is 0.149. The van der Waals surface area contributed by atoms with Crippen molar-refractivity contribution in [2.24, 2.45) is 0 Å². The summed E-state index contributed by atoms with van der Waals surface area (Å²) in [7, 11) is 0. The lowest BCUT2D eigenvalue weighted by Gasteiger charge is -1.95. The van der Waals surface area contributed by atoms with Gasteiger partial charge in [0, 0.05) is 18.9 Å². The van der Waals surface area contributed by atoms with Crippen molar-refractivity contribution in [1.82, 2.24) is 9.55 Å². The predicted octanol–water partition coefficient (Wildman–Crippen LogP) is 1.38. The summed E-state index contributed by atoms with van der Waals surface area (Å²) in [6.07, 6.45) is 5.12. The van der Waals surface area contributed by atoms with Crippen LogP contribution in [-0.2, 0) is 11.3 Å². The summed E-state index contributed by atoms with van der Waals surface area (Å²) < 4.78 is 1.73. The van der Waals surface area contributed by atoms with E-state index in [1.54, 1.807) is 23.3 Å². The molecule has 0 aliphatic rings. The highest BCUT2D eigenvalue weighted by Gasteiger charge is 1.95. The summed E-state index contributed by atoms with van der Waals surface area (Å²) in [5.41, 5.74) is 0. The van der Waals surface area contributed by atoms with Crippen LogP contribution in [0.3, 0.4) is 0 Å². The summed E-state index contributed by atoms with van der Waals surface area (Å²) in [6.45, 7) is 4.50. The van der Waals surface area contributed by atoms with Gasteiger partial charge in [0.2, 0.25) is 0 Å². The minimum atomic E-state index is -0.784. The fourth-order valence-electron chi connectivity index (χ4n) is 0.644. The number of carbonyl (C=O) groups is 1. The van der Waals surface area contributed by atoms with Crippen LogP contribution in [0, 0.1) is 0 Å². The van der Waals surface area contributed by atoms with Crippen molar-refractivity contribution >= 4 is 5.97 Å². The highest BCUT2D eigenvalue weighted by atomic mass is 16.4. The molecule has 0 fully saturated rings. The van der Waals surface area contributed by atoms with E-state index in [0.717, 1.165) is 0 Å². The first-order chi connectivity index (χ1) is 5.79. The van der Waals surface area contributed by atoms with E-state index >= 15 is 0 Å². The monoisotopic (exact) mass is 170 g/mol. The highest BCUT2D eigenvalue weighted by molar-refractivity contribution is 5.66. The molecule has 4 nitrogen and oxygen atoms in total. The van der Waals surface area contributed by atoms with Crippen molar-refractivity contribution in [3.63, 3.8) is 0 Å². The third-order valence-electron chi connectivity index (χ3n) is 1.14. The number of carboxylic acid groups (broad SMARTS) is 1. The zero-order valence-electron chi connectivity index (χ0n) is 7.40. The Morgan fingerprint density at radius 2 is 2.25 bits per heavy atom. The Morgan fingerprint density at radius 3 is 2.67 bits per heavy atom. The standard InChI is InChI=1S/C6H8N2O2.C2H6/c9-6(10)1-3-8-4-2-7-5-8;1-2/h2,4-5H,1,3H2,(H,9,10);1-2H3. The molecule has 1 heterocycles. The summed E-state index contributed by atoms with van der Waals surface area (Å²) in [4.78, 5) is 13.8. The van der Waals surface area contributed by atoms with Crippen molar-refractivity contribution in [1.29, 1.82) is 0 Å². The number of hydrogen-bond acceptors (Lipinski definition) is 2. The van der Waals surface area contributed by atoms with Gasteiger partial charge >= 0.3 is 5.97 Å². The van der Waals surface area contributed by atoms with E-state index in [4.69, 9.17) is 5.11 Å². The Labute approximate surface area is 71.9 Å². The Bertz CT molecular complexity index is 207. The molecule has 0 radical (unpaired) electrons. The van der Waals surface area contributed by atoms with E-state index in [1.807, 2.05) is 13.8 Å². The summed E-state index contributed by atoms with van der Waals surface area (Å²) >= 11 is 0. The lowest BCUT2D eigenvalue weighted by Crippen LogP contribution is -2.02. The van der Waals surface area contributed by atoms with Gasteiger partial charge in [0.1, 0.15) is 0 Å². The minimum Gasteiger partial charge on any atom is -0.481 e. The van der Waals surface area contributed by atoms with Crippen molar-refractivity contribution in [2.75, 3.05) is 0 Å². The first-order valence-corrected chi connectivity index (χ1v) is 3.96. The molecule has 1 aromatic heterocycles. The predicted molar refractivity (Wildman–Crippen MR) is 45.8 cm³/mol. The van der Waals surface area contributed by atoms with E-state index in [2.05, 4.69) is 4.98 Å². The smallest absolute Gasteiger partial charge is 0.305 e. The number of hydrogen-bond donors (Lipinski definition) is 1. The molecule has 0 aromatic carbocycles. The second-order valence-corrected chi connectivity index (χ2v) is 1.94. The molecule has 1 aromatic rings. The third kappa shape index (κ3) is 4.49. The largest absolute Gasteiger partial charge is 0.481 e. The molecule has 0 saturated carbocycles. The Kier molecular flexibility index (Phi) is 5.69. The van der Waals surface area contributed by atoms with Crippen LogP contribution in [0.2, 0.25) is 0 Å². The topological polar surface area (TPSA) is 55.1 Å². The summed E-state index contributed by atoms with van der Waals surface area (Å²) in [5, 5.41) is 8.28. The first kappa shape index (κ1) is 10.7. The number of aryl methyl sites for hydroxylation is 1. The highest BCUT2D eigenvalue weighted by Crippen LogP contribution is 1.89. The van der Waals surface area contributed by atoms with Crippen molar-refractivity contribution in [2.45, 2.75) is 26.8 Å². The quantitative estimate of drug-likeness (QED) is 0.745. The van der Waals surface area contributed by atoms with Crippen LogP contribution in [0.5, 0.6) is 0 Å². The van der Waals surface area contributed by atoms with Gasteiger partial charge in [-0.15, -0.1) is 0 Å². The van der Waals surface area contributed by atoms with Crippen LogP contribution in [0.4, 0.5) is 0 Å². The molecule has 68 valence electrons. The molecule has 12 heavy (non-hydrogen) atoms. The second kappa shape index (κ2) is 6.39. The van der Waals surface area contributed by atoms with Gasteiger partial charge in [-0.05, 0) is 0 Å². The third-order valence-corrected chi connectivity index (χ3v) is 1.14. The number of imidazole rings is 1. The number of rotatable bonds is 3. The number of aromatic nitrogens is 2. The van der Waals surface area contributed by atoms with Crippen molar-refractivity contribution in [3.05, 3.63) is 18.7 Å². The molecule has 0 amide bonds. The van der Waals surface area contributed by atoms with Gasteiger partial charge in [0.25, 0.3) is 0 Å². The number of carboxylic acids is 1. The maximum Gasteiger partial charge on any atom is 0.305 e. The SMILES string of the molecule is CC.O=C(O)CCn1ccnc1. The van der Waals surface area contributed by atoms with Gasteiger partial charge in [0.15, 0.2) is 0 Å². The Morgan fingerprint density at radius 1 is 1.58 bits per heavy atom. The maximum atomic E-state index is 10.1. The maximum absolute atomic E-state index is 10.1. The van der Waals surface area contributed by atoms with Crippen molar-refractivity contribution in [3.8, 4) is 0 Å². The van der Waals surface area contributed by atoms with Gasteiger partial charge in [-0.25, -0.2) is 4.98 Å². The van der Waals surface area contributed by atoms with E-state index in [-0.39, 0.29) is 6.42 Å². The molecule has 0 bridgehead atoms. The zero-order chi connectivity index (χ0) is 9.40. The molecule has 0 atom stereocenters. The molecule has 0 aliphatic carbocycles. The van der Waals surface area contributed by atoms with Gasteiger partial charge in [0.05, 0.1) is 12.7 Å². The average Bonchev–Trinajstić information content (AvgIpc) is 2.56. The van der Waals surface area contributed by atoms with E-state index in [9.17, 15) is 4.79 Å². The van der Waals surface area contributed by atoms with Gasteiger partial charge in [-0.3, -0.25) is 4.79 Å². The Balaban J connectivity index is 0.000000561. The van der Waals surface area contributed by atoms with E-state index < -0.39 is 5.97 Å². The van der Waals surface area contributed by atoms with Crippen LogP contribution < -0.4 is 0 Å². The molecule has 4 heteroatoms. The molecule has 1 N–H and O–H groups in total. The summed E-state index contributed by atoms with van der Waals surface area (Å²) in [5.74, 6) is -0.784. The van der Waals surface area contributed by atoms with Gasteiger partial charge in [-0.2, -0.15) is 0 Å². The molecular formula is C8H14N2O2. The number of aliphatic carboxylic acids is 1. The van der Waals surface area contributed by atoms with Crippen molar-refractivity contribution < 1.29 is 9.90 Å². The molecule has 0 saturated heterocycles. The first-order valence-electron chi connectivity index (χ1n) is 3.96. The zero-order valence-corrected chi connectivity index (χ0v) is 7.40. The molecule has 1 rings (SSSR count). The van der Waals surface area contributed by atoms with Gasteiger partial charge < -0.3 is 9.67 Å².